The summed E-state index contributed by atoms with van der Waals surface area (Å²) >= 11 is 0. The third-order valence-corrected chi connectivity index (χ3v) is 6.36. The molecule has 1 heterocycles. The van der Waals surface area contributed by atoms with E-state index < -0.39 is 6.03 Å². The van der Waals surface area contributed by atoms with Gasteiger partial charge < -0.3 is 11.1 Å². The van der Waals surface area contributed by atoms with Gasteiger partial charge in [0.05, 0.1) is 11.3 Å². The monoisotopic (exact) mass is 450 g/mol. The Bertz CT molecular complexity index is 879. The summed E-state index contributed by atoms with van der Waals surface area (Å²) < 4.78 is 0. The van der Waals surface area contributed by atoms with Crippen LogP contribution in [0, 0.1) is 0 Å². The molecular weight excluding hydrogens is 412 g/mol. The Balaban J connectivity index is 1.56. The Hall–Kier alpha value is -2.86. The van der Waals surface area contributed by atoms with Crippen molar-refractivity contribution >= 4 is 17.6 Å². The van der Waals surface area contributed by atoms with Crippen molar-refractivity contribution in [1.29, 1.82) is 0 Å². The van der Waals surface area contributed by atoms with Gasteiger partial charge in [-0.25, -0.2) is 4.79 Å². The molecule has 6 nitrogen and oxygen atoms in total. The molecule has 1 saturated heterocycles. The van der Waals surface area contributed by atoms with E-state index in [1.807, 2.05) is 24.3 Å². The van der Waals surface area contributed by atoms with Crippen molar-refractivity contribution in [1.82, 2.24) is 10.2 Å². The van der Waals surface area contributed by atoms with Crippen LogP contribution in [0.1, 0.15) is 67.8 Å². The molecule has 1 aliphatic rings. The zero-order chi connectivity index (χ0) is 23.5. The van der Waals surface area contributed by atoms with Crippen LogP contribution in [0.15, 0.2) is 54.6 Å². The molecule has 3 amide bonds. The lowest BCUT2D eigenvalue weighted by atomic mass is 10.0. The number of urea groups is 1. The van der Waals surface area contributed by atoms with Crippen LogP contribution in [0.25, 0.3) is 0 Å². The number of para-hydroxylation sites is 1. The van der Waals surface area contributed by atoms with Crippen LogP contribution in [0.3, 0.4) is 0 Å². The van der Waals surface area contributed by atoms with Crippen LogP contribution >= 0.6 is 0 Å². The van der Waals surface area contributed by atoms with Gasteiger partial charge in [0.15, 0.2) is 0 Å². The van der Waals surface area contributed by atoms with Crippen molar-refractivity contribution in [3.05, 3.63) is 65.7 Å². The molecular formula is C27H38N4O2. The van der Waals surface area contributed by atoms with Gasteiger partial charge in [0.1, 0.15) is 0 Å². The number of nitrogens with one attached hydrogen (secondary N) is 1. The van der Waals surface area contributed by atoms with E-state index in [9.17, 15) is 9.59 Å². The second kappa shape index (κ2) is 13.0. The van der Waals surface area contributed by atoms with E-state index in [0.717, 1.165) is 51.7 Å². The summed E-state index contributed by atoms with van der Waals surface area (Å²) in [6.07, 6.45) is 7.27. The molecule has 3 N–H and O–H groups in total. The molecule has 6 heteroatoms. The first-order valence-electron chi connectivity index (χ1n) is 12.3. The van der Waals surface area contributed by atoms with Gasteiger partial charge in [0, 0.05) is 32.2 Å². The van der Waals surface area contributed by atoms with Gasteiger partial charge in [-0.1, -0.05) is 75.1 Å². The van der Waals surface area contributed by atoms with Crippen LogP contribution in [0.4, 0.5) is 10.5 Å². The number of carbonyl (C=O) groups excluding carboxylic acids is 2. The molecule has 0 aromatic heterocycles. The van der Waals surface area contributed by atoms with E-state index >= 15 is 0 Å². The van der Waals surface area contributed by atoms with Gasteiger partial charge in [-0.2, -0.15) is 0 Å². The van der Waals surface area contributed by atoms with Gasteiger partial charge >= 0.3 is 6.03 Å². The number of nitrogens with zero attached hydrogens (tertiary/aromatic N) is 2. The van der Waals surface area contributed by atoms with Crippen molar-refractivity contribution < 1.29 is 9.59 Å². The number of carbonyl (C=O) groups is 2. The highest BCUT2D eigenvalue weighted by molar-refractivity contribution is 6.04. The molecule has 0 unspecified atom stereocenters. The van der Waals surface area contributed by atoms with E-state index in [0.29, 0.717) is 17.8 Å². The van der Waals surface area contributed by atoms with Gasteiger partial charge in [-0.05, 0) is 37.0 Å². The molecule has 1 aliphatic heterocycles. The van der Waals surface area contributed by atoms with Crippen molar-refractivity contribution in [3.8, 4) is 0 Å². The number of benzene rings is 2. The molecule has 1 fully saturated rings. The van der Waals surface area contributed by atoms with Crippen LogP contribution in [-0.2, 0) is 6.54 Å². The van der Waals surface area contributed by atoms with Crippen LogP contribution in [0.2, 0.25) is 0 Å². The predicted molar refractivity (Wildman–Crippen MR) is 134 cm³/mol. The first kappa shape index (κ1) is 24.8. The van der Waals surface area contributed by atoms with Crippen molar-refractivity contribution in [2.75, 3.05) is 24.5 Å². The summed E-state index contributed by atoms with van der Waals surface area (Å²) in [5.41, 5.74) is 8.11. The number of likely N-dealkylation sites (tertiary alicyclic amines) is 1. The third-order valence-electron chi connectivity index (χ3n) is 6.36. The number of piperidine rings is 1. The lowest BCUT2D eigenvalue weighted by molar-refractivity contribution is 0.0909. The number of rotatable bonds is 11. The maximum atomic E-state index is 13.1. The van der Waals surface area contributed by atoms with Crippen LogP contribution < -0.4 is 16.0 Å². The Morgan fingerprint density at radius 2 is 1.64 bits per heavy atom. The second-order valence-electron chi connectivity index (χ2n) is 8.93. The zero-order valence-electron chi connectivity index (χ0n) is 19.8. The number of hydrogen-bond acceptors (Lipinski definition) is 3. The molecule has 0 atom stereocenters. The van der Waals surface area contributed by atoms with Crippen LogP contribution in [0.5, 0.6) is 0 Å². The molecule has 3 rings (SSSR count). The minimum absolute atomic E-state index is 0.133. The number of nitrogens with two attached hydrogens (primary N) is 1. The summed E-state index contributed by atoms with van der Waals surface area (Å²) in [6.45, 7) is 5.55. The van der Waals surface area contributed by atoms with E-state index in [4.69, 9.17) is 5.73 Å². The smallest absolute Gasteiger partial charge is 0.319 e. The first-order valence-corrected chi connectivity index (χ1v) is 12.3. The van der Waals surface area contributed by atoms with E-state index in [2.05, 4.69) is 41.4 Å². The number of unbranched alkanes of at least 4 members (excludes halogenated alkanes) is 4. The number of primary amides is 1. The highest BCUT2D eigenvalue weighted by Crippen LogP contribution is 2.22. The first-order chi connectivity index (χ1) is 16.1. The van der Waals surface area contributed by atoms with Crippen molar-refractivity contribution in [2.45, 2.75) is 64.5 Å². The molecule has 178 valence electrons. The maximum Gasteiger partial charge on any atom is 0.319 e. The predicted octanol–water partition coefficient (Wildman–Crippen LogP) is 4.94. The number of anilines is 1. The average Bonchev–Trinajstić information content (AvgIpc) is 2.83. The number of hydrogen-bond donors (Lipinski definition) is 2. The molecule has 0 spiro atoms. The Kier molecular flexibility index (Phi) is 9.76. The fraction of sp³-hybridized carbons (Fsp3) is 0.481. The fourth-order valence-corrected chi connectivity index (χ4v) is 4.46. The van der Waals surface area contributed by atoms with E-state index in [1.54, 1.807) is 11.0 Å². The quantitative estimate of drug-likeness (QED) is 0.476. The highest BCUT2D eigenvalue weighted by Gasteiger charge is 2.24. The Morgan fingerprint density at radius 3 is 2.33 bits per heavy atom. The summed E-state index contributed by atoms with van der Waals surface area (Å²) in [7, 11) is 0. The van der Waals surface area contributed by atoms with Crippen molar-refractivity contribution in [3.63, 3.8) is 0 Å². The maximum absolute atomic E-state index is 13.1. The molecule has 0 saturated carbocycles. The van der Waals surface area contributed by atoms with Gasteiger partial charge in [0.25, 0.3) is 5.91 Å². The number of amides is 3. The van der Waals surface area contributed by atoms with Crippen LogP contribution in [-0.4, -0.2) is 42.5 Å². The SMILES string of the molecule is CCCCCCCN(C(N)=O)c1ccccc1C(=O)NC1CCN(Cc2ccccc2)CC1. The summed E-state index contributed by atoms with van der Waals surface area (Å²) in [5, 5.41) is 3.19. The third kappa shape index (κ3) is 7.60. The average molecular weight is 451 g/mol. The van der Waals surface area contributed by atoms with E-state index in [1.165, 1.54) is 18.4 Å². The second-order valence-corrected chi connectivity index (χ2v) is 8.93. The lowest BCUT2D eigenvalue weighted by Crippen LogP contribution is -2.45. The normalized spacial score (nSPS) is 14.7. The fourth-order valence-electron chi connectivity index (χ4n) is 4.46. The molecule has 2 aromatic rings. The molecule has 2 aromatic carbocycles. The van der Waals surface area contributed by atoms with Gasteiger partial charge in [-0.15, -0.1) is 0 Å². The summed E-state index contributed by atoms with van der Waals surface area (Å²) in [4.78, 5) is 29.3. The topological polar surface area (TPSA) is 78.7 Å². The standard InChI is InChI=1S/C27H38N4O2/c1-2-3-4-5-11-18-31(27(28)33)25-15-10-9-14-24(25)26(32)29-23-16-19-30(20-17-23)21-22-12-7-6-8-13-22/h6-10,12-15,23H,2-5,11,16-21H2,1H3,(H2,28,33)(H,29,32). The lowest BCUT2D eigenvalue weighted by Gasteiger charge is -2.32. The Labute approximate surface area is 198 Å². The highest BCUT2D eigenvalue weighted by atomic mass is 16.2. The van der Waals surface area contributed by atoms with E-state index in [-0.39, 0.29) is 11.9 Å². The van der Waals surface area contributed by atoms with Gasteiger partial charge in [0.2, 0.25) is 0 Å². The largest absolute Gasteiger partial charge is 0.351 e. The molecule has 0 radical (unpaired) electrons. The molecule has 0 aliphatic carbocycles. The Morgan fingerprint density at radius 1 is 0.970 bits per heavy atom. The van der Waals surface area contributed by atoms with Crippen molar-refractivity contribution in [2.24, 2.45) is 5.73 Å². The zero-order valence-corrected chi connectivity index (χ0v) is 19.8. The molecule has 0 bridgehead atoms. The summed E-state index contributed by atoms with van der Waals surface area (Å²) in [5.74, 6) is -0.135. The minimum atomic E-state index is -0.514. The summed E-state index contributed by atoms with van der Waals surface area (Å²) in [6, 6.07) is 17.4. The van der Waals surface area contributed by atoms with Gasteiger partial charge in [-0.3, -0.25) is 14.6 Å². The molecule has 33 heavy (non-hydrogen) atoms. The minimum Gasteiger partial charge on any atom is -0.351 e.